The minimum Gasteiger partial charge on any atom is -0.312 e. The van der Waals surface area contributed by atoms with Crippen LogP contribution in [0.3, 0.4) is 0 Å². The molecule has 0 saturated heterocycles. The predicted octanol–water partition coefficient (Wildman–Crippen LogP) is 3.07. The third-order valence-corrected chi connectivity index (χ3v) is 3.19. The first-order valence-electron chi connectivity index (χ1n) is 3.69. The second-order valence-corrected chi connectivity index (χ2v) is 3.74. The van der Waals surface area contributed by atoms with Gasteiger partial charge in [-0.3, -0.25) is 0 Å². The normalized spacial score (nSPS) is 13.4. The van der Waals surface area contributed by atoms with Crippen molar-refractivity contribution in [3.8, 4) is 0 Å². The van der Waals surface area contributed by atoms with Gasteiger partial charge in [0.25, 0.3) is 0 Å². The van der Waals surface area contributed by atoms with Crippen molar-refractivity contribution in [2.45, 2.75) is 19.4 Å². The molecule has 0 radical (unpaired) electrons. The van der Waals surface area contributed by atoms with E-state index in [1.165, 1.54) is 4.88 Å². The first-order valence-corrected chi connectivity index (χ1v) is 4.95. The van der Waals surface area contributed by atoms with Crippen molar-refractivity contribution in [1.29, 1.82) is 0 Å². The molecule has 62 valence electrons. The van der Waals surface area contributed by atoms with Crippen molar-refractivity contribution >= 4 is 22.9 Å². The number of thiophene rings is 1. The van der Waals surface area contributed by atoms with Gasteiger partial charge in [-0.1, -0.05) is 18.5 Å². The van der Waals surface area contributed by atoms with Gasteiger partial charge in [0.15, 0.2) is 0 Å². The molecule has 1 aromatic heterocycles. The van der Waals surface area contributed by atoms with Crippen molar-refractivity contribution in [2.75, 3.05) is 7.05 Å². The Balaban J connectivity index is 2.81. The second-order valence-electron chi connectivity index (χ2n) is 2.38. The number of rotatable bonds is 3. The Morgan fingerprint density at radius 1 is 1.73 bits per heavy atom. The van der Waals surface area contributed by atoms with E-state index in [1.807, 2.05) is 18.5 Å². The lowest BCUT2D eigenvalue weighted by atomic mass is 10.2. The highest BCUT2D eigenvalue weighted by Gasteiger charge is 2.10. The minimum atomic E-state index is 0.419. The van der Waals surface area contributed by atoms with Gasteiger partial charge >= 0.3 is 0 Å². The second kappa shape index (κ2) is 4.10. The van der Waals surface area contributed by atoms with Gasteiger partial charge in [0.1, 0.15) is 0 Å². The lowest BCUT2D eigenvalue weighted by Gasteiger charge is -2.11. The van der Waals surface area contributed by atoms with Crippen LogP contribution < -0.4 is 5.32 Å². The molecule has 1 unspecified atom stereocenters. The Kier molecular flexibility index (Phi) is 3.37. The fraction of sp³-hybridized carbons (Fsp3) is 0.500. The summed E-state index contributed by atoms with van der Waals surface area (Å²) in [6.07, 6.45) is 1.08. The van der Waals surface area contributed by atoms with Gasteiger partial charge in [-0.15, -0.1) is 11.3 Å². The zero-order chi connectivity index (χ0) is 8.27. The Morgan fingerprint density at radius 3 is 2.82 bits per heavy atom. The fourth-order valence-corrected chi connectivity index (χ4v) is 2.46. The van der Waals surface area contributed by atoms with Crippen LogP contribution in [0, 0.1) is 0 Å². The van der Waals surface area contributed by atoms with Crippen molar-refractivity contribution in [3.05, 3.63) is 21.3 Å². The summed E-state index contributed by atoms with van der Waals surface area (Å²) in [5, 5.41) is 6.13. The van der Waals surface area contributed by atoms with Crippen LogP contribution in [0.25, 0.3) is 0 Å². The van der Waals surface area contributed by atoms with Crippen molar-refractivity contribution in [2.24, 2.45) is 0 Å². The molecular formula is C8H12ClNS. The SMILES string of the molecule is CCC(NC)c1sccc1Cl. The minimum absolute atomic E-state index is 0.419. The van der Waals surface area contributed by atoms with Gasteiger partial charge in [-0.05, 0) is 24.9 Å². The maximum atomic E-state index is 5.96. The molecule has 0 aliphatic carbocycles. The third-order valence-electron chi connectivity index (χ3n) is 1.72. The molecule has 0 aliphatic heterocycles. The predicted molar refractivity (Wildman–Crippen MR) is 51.4 cm³/mol. The fourth-order valence-electron chi connectivity index (χ4n) is 1.07. The highest BCUT2D eigenvalue weighted by Crippen LogP contribution is 2.29. The maximum Gasteiger partial charge on any atom is 0.0561 e. The van der Waals surface area contributed by atoms with E-state index < -0.39 is 0 Å². The summed E-state index contributed by atoms with van der Waals surface area (Å²) in [4.78, 5) is 1.25. The van der Waals surface area contributed by atoms with Crippen molar-refractivity contribution in [1.82, 2.24) is 5.32 Å². The van der Waals surface area contributed by atoms with Crippen LogP contribution in [0.15, 0.2) is 11.4 Å². The molecule has 0 saturated carbocycles. The van der Waals surface area contributed by atoms with Crippen LogP contribution in [0.4, 0.5) is 0 Å². The Hall–Kier alpha value is -0.0500. The van der Waals surface area contributed by atoms with Gasteiger partial charge in [0.05, 0.1) is 5.02 Å². The summed E-state index contributed by atoms with van der Waals surface area (Å²) < 4.78 is 0. The summed E-state index contributed by atoms with van der Waals surface area (Å²) in [5.74, 6) is 0. The third kappa shape index (κ3) is 1.95. The molecule has 0 aromatic carbocycles. The molecule has 0 bridgehead atoms. The molecule has 11 heavy (non-hydrogen) atoms. The van der Waals surface area contributed by atoms with Crippen LogP contribution in [-0.4, -0.2) is 7.05 Å². The number of nitrogens with one attached hydrogen (secondary N) is 1. The van der Waals surface area contributed by atoms with Gasteiger partial charge in [0, 0.05) is 10.9 Å². The van der Waals surface area contributed by atoms with E-state index in [4.69, 9.17) is 11.6 Å². The van der Waals surface area contributed by atoms with E-state index >= 15 is 0 Å². The Bertz CT molecular complexity index is 218. The van der Waals surface area contributed by atoms with Gasteiger partial charge in [0.2, 0.25) is 0 Å². The lowest BCUT2D eigenvalue weighted by molar-refractivity contribution is 0.587. The first-order chi connectivity index (χ1) is 5.29. The summed E-state index contributed by atoms with van der Waals surface area (Å²) in [5.41, 5.74) is 0. The first kappa shape index (κ1) is 9.04. The quantitative estimate of drug-likeness (QED) is 0.771. The van der Waals surface area contributed by atoms with Crippen LogP contribution in [0.2, 0.25) is 5.02 Å². The van der Waals surface area contributed by atoms with E-state index in [0.29, 0.717) is 6.04 Å². The molecule has 1 nitrogen and oxygen atoms in total. The van der Waals surface area contributed by atoms with E-state index in [1.54, 1.807) is 11.3 Å². The lowest BCUT2D eigenvalue weighted by Crippen LogP contribution is -2.13. The van der Waals surface area contributed by atoms with E-state index in [2.05, 4.69) is 12.2 Å². The summed E-state index contributed by atoms with van der Waals surface area (Å²) in [7, 11) is 1.96. The summed E-state index contributed by atoms with van der Waals surface area (Å²) >= 11 is 7.67. The van der Waals surface area contributed by atoms with Crippen LogP contribution in [-0.2, 0) is 0 Å². The number of hydrogen-bond acceptors (Lipinski definition) is 2. The monoisotopic (exact) mass is 189 g/mol. The standard InChI is InChI=1S/C8H12ClNS/c1-3-7(10-2)8-6(9)4-5-11-8/h4-5,7,10H,3H2,1-2H3. The molecule has 0 spiro atoms. The Labute approximate surface area is 76.4 Å². The molecule has 1 heterocycles. The molecule has 3 heteroatoms. The van der Waals surface area contributed by atoms with Crippen molar-refractivity contribution < 1.29 is 0 Å². The maximum absolute atomic E-state index is 5.96. The molecule has 0 fully saturated rings. The smallest absolute Gasteiger partial charge is 0.0561 e. The van der Waals surface area contributed by atoms with Gasteiger partial charge < -0.3 is 5.32 Å². The highest BCUT2D eigenvalue weighted by atomic mass is 35.5. The zero-order valence-electron chi connectivity index (χ0n) is 6.73. The molecule has 0 aliphatic rings. The molecule has 0 amide bonds. The molecular weight excluding hydrogens is 178 g/mol. The molecule has 1 atom stereocenters. The highest BCUT2D eigenvalue weighted by molar-refractivity contribution is 7.10. The number of halogens is 1. The average molecular weight is 190 g/mol. The van der Waals surface area contributed by atoms with E-state index in [9.17, 15) is 0 Å². The van der Waals surface area contributed by atoms with E-state index in [-0.39, 0.29) is 0 Å². The van der Waals surface area contributed by atoms with Gasteiger partial charge in [-0.2, -0.15) is 0 Å². The average Bonchev–Trinajstić information content (AvgIpc) is 2.40. The molecule has 1 N–H and O–H groups in total. The van der Waals surface area contributed by atoms with Crippen molar-refractivity contribution in [3.63, 3.8) is 0 Å². The largest absolute Gasteiger partial charge is 0.312 e. The summed E-state index contributed by atoms with van der Waals surface area (Å²) in [6, 6.07) is 2.36. The zero-order valence-corrected chi connectivity index (χ0v) is 8.30. The van der Waals surface area contributed by atoms with Crippen LogP contribution >= 0.6 is 22.9 Å². The van der Waals surface area contributed by atoms with Crippen LogP contribution in [0.1, 0.15) is 24.3 Å². The molecule has 1 rings (SSSR count). The topological polar surface area (TPSA) is 12.0 Å². The summed E-state index contributed by atoms with van der Waals surface area (Å²) in [6.45, 7) is 2.15. The van der Waals surface area contributed by atoms with E-state index in [0.717, 1.165) is 11.4 Å². The number of hydrogen-bond donors (Lipinski definition) is 1. The molecule has 1 aromatic rings. The van der Waals surface area contributed by atoms with Gasteiger partial charge in [-0.25, -0.2) is 0 Å². The van der Waals surface area contributed by atoms with Crippen LogP contribution in [0.5, 0.6) is 0 Å². The Morgan fingerprint density at radius 2 is 2.45 bits per heavy atom.